The lowest BCUT2D eigenvalue weighted by Crippen LogP contribution is -2.25. The van der Waals surface area contributed by atoms with Crippen LogP contribution in [0.3, 0.4) is 0 Å². The number of hydrogen-bond donors (Lipinski definition) is 1. The zero-order chi connectivity index (χ0) is 12.4. The second kappa shape index (κ2) is 8.14. The molecule has 2 nitrogen and oxygen atoms in total. The zero-order valence-corrected chi connectivity index (χ0v) is 10.4. The molecule has 0 amide bonds. The third kappa shape index (κ3) is 4.65. The molecule has 0 aliphatic heterocycles. The average Bonchev–Trinajstić information content (AvgIpc) is 2.28. The number of rotatable bonds is 10. The first-order valence-electron chi connectivity index (χ1n) is 6.13. The smallest absolute Gasteiger partial charge is 0.317 e. The van der Waals surface area contributed by atoms with Crippen molar-refractivity contribution in [3.8, 4) is 0 Å². The molecule has 0 aromatic rings. The van der Waals surface area contributed by atoms with Crippen molar-refractivity contribution < 1.29 is 9.90 Å². The third-order valence-electron chi connectivity index (χ3n) is 3.07. The van der Waals surface area contributed by atoms with Gasteiger partial charge in [-0.3, -0.25) is 4.79 Å². The lowest BCUT2D eigenvalue weighted by molar-refractivity contribution is -0.143. The topological polar surface area (TPSA) is 37.3 Å². The fourth-order valence-electron chi connectivity index (χ4n) is 1.77. The van der Waals surface area contributed by atoms with Gasteiger partial charge in [-0.15, -0.1) is 13.2 Å². The van der Waals surface area contributed by atoms with E-state index in [4.69, 9.17) is 5.11 Å². The minimum Gasteiger partial charge on any atom is -0.480 e. The summed E-state index contributed by atoms with van der Waals surface area (Å²) in [5, 5.41) is 9.12. The molecule has 0 radical (unpaired) electrons. The number of unbranched alkanes of at least 4 members (excludes halogenated alkanes) is 5. The van der Waals surface area contributed by atoms with E-state index in [9.17, 15) is 4.79 Å². The normalized spacial score (nSPS) is 11.1. The Morgan fingerprint density at radius 1 is 1.12 bits per heavy atom. The van der Waals surface area contributed by atoms with Gasteiger partial charge in [-0.2, -0.15) is 0 Å². The molecule has 92 valence electrons. The molecule has 0 atom stereocenters. The Morgan fingerprint density at radius 3 is 2.06 bits per heavy atom. The Bertz CT molecular complexity index is 223. The molecule has 0 spiro atoms. The molecular weight excluding hydrogens is 200 g/mol. The number of carboxylic acids is 1. The highest BCUT2D eigenvalue weighted by molar-refractivity contribution is 5.79. The van der Waals surface area contributed by atoms with Gasteiger partial charge >= 0.3 is 5.97 Å². The van der Waals surface area contributed by atoms with E-state index in [1.54, 1.807) is 0 Å². The van der Waals surface area contributed by atoms with E-state index in [0.717, 1.165) is 12.8 Å². The van der Waals surface area contributed by atoms with Crippen LogP contribution in [-0.4, -0.2) is 11.1 Å². The van der Waals surface area contributed by atoms with E-state index in [2.05, 4.69) is 20.1 Å². The van der Waals surface area contributed by atoms with E-state index in [-0.39, 0.29) is 0 Å². The van der Waals surface area contributed by atoms with Crippen LogP contribution in [0.25, 0.3) is 0 Å². The first kappa shape index (κ1) is 14.9. The first-order valence-corrected chi connectivity index (χ1v) is 6.13. The van der Waals surface area contributed by atoms with E-state index < -0.39 is 11.4 Å². The van der Waals surface area contributed by atoms with Crippen LogP contribution in [0.1, 0.15) is 51.9 Å². The molecule has 0 saturated heterocycles. The molecule has 0 aliphatic rings. The minimum absolute atomic E-state index is 0.613. The molecule has 16 heavy (non-hydrogen) atoms. The van der Waals surface area contributed by atoms with Gasteiger partial charge in [0.05, 0.1) is 0 Å². The highest BCUT2D eigenvalue weighted by Crippen LogP contribution is 2.28. The Kier molecular flexibility index (Phi) is 7.61. The molecule has 0 aromatic heterocycles. The Labute approximate surface area is 99.1 Å². The SMILES string of the molecule is C=CC(C=C)(CCCCCCCC)C(=O)O. The van der Waals surface area contributed by atoms with Gasteiger partial charge in [0.1, 0.15) is 5.41 Å². The maximum Gasteiger partial charge on any atom is 0.317 e. The van der Waals surface area contributed by atoms with Gasteiger partial charge in [-0.1, -0.05) is 57.6 Å². The summed E-state index contributed by atoms with van der Waals surface area (Å²) in [6.45, 7) is 9.39. The number of hydrogen-bond acceptors (Lipinski definition) is 1. The molecule has 0 bridgehead atoms. The lowest BCUT2D eigenvalue weighted by Gasteiger charge is -2.21. The summed E-state index contributed by atoms with van der Waals surface area (Å²) in [4.78, 5) is 11.1. The summed E-state index contributed by atoms with van der Waals surface area (Å²) >= 11 is 0. The molecule has 0 saturated carbocycles. The maximum atomic E-state index is 11.1. The van der Waals surface area contributed by atoms with Crippen LogP contribution in [-0.2, 0) is 4.79 Å². The predicted octanol–water partition coefficient (Wildman–Crippen LogP) is 4.18. The minimum atomic E-state index is -0.926. The van der Waals surface area contributed by atoms with Crippen LogP contribution in [0, 0.1) is 5.41 Å². The van der Waals surface area contributed by atoms with E-state index in [1.165, 1.54) is 37.8 Å². The van der Waals surface area contributed by atoms with Crippen molar-refractivity contribution in [2.75, 3.05) is 0 Å². The highest BCUT2D eigenvalue weighted by Gasteiger charge is 2.30. The van der Waals surface area contributed by atoms with Gasteiger partial charge in [0.2, 0.25) is 0 Å². The van der Waals surface area contributed by atoms with Crippen LogP contribution < -0.4 is 0 Å². The van der Waals surface area contributed by atoms with Crippen LogP contribution in [0.2, 0.25) is 0 Å². The Hall–Kier alpha value is -1.05. The summed E-state index contributed by atoms with van der Waals surface area (Å²) in [6, 6.07) is 0. The van der Waals surface area contributed by atoms with Crippen molar-refractivity contribution in [1.29, 1.82) is 0 Å². The maximum absolute atomic E-state index is 11.1. The molecule has 0 aromatic carbocycles. The molecule has 1 N–H and O–H groups in total. The monoisotopic (exact) mass is 224 g/mol. The second-order valence-electron chi connectivity index (χ2n) is 4.27. The standard InChI is InChI=1S/C14H24O2/c1-4-7-8-9-10-11-12-14(5-2,6-3)13(15)16/h5-6H,2-4,7-12H2,1H3,(H,15,16). The molecule has 0 heterocycles. The van der Waals surface area contributed by atoms with Gasteiger partial charge < -0.3 is 5.11 Å². The molecule has 0 unspecified atom stereocenters. The van der Waals surface area contributed by atoms with Crippen molar-refractivity contribution in [2.45, 2.75) is 51.9 Å². The van der Waals surface area contributed by atoms with E-state index >= 15 is 0 Å². The first-order chi connectivity index (χ1) is 7.63. The fraction of sp³-hybridized carbons (Fsp3) is 0.643. The number of carbonyl (C=O) groups is 1. The van der Waals surface area contributed by atoms with Crippen LogP contribution >= 0.6 is 0 Å². The Balaban J connectivity index is 3.91. The summed E-state index contributed by atoms with van der Waals surface area (Å²) in [7, 11) is 0. The van der Waals surface area contributed by atoms with Gasteiger partial charge in [-0.05, 0) is 6.42 Å². The van der Waals surface area contributed by atoms with Crippen LogP contribution in [0.5, 0.6) is 0 Å². The molecule has 0 rings (SSSR count). The number of carboxylic acid groups (broad SMARTS) is 1. The Morgan fingerprint density at radius 2 is 1.62 bits per heavy atom. The predicted molar refractivity (Wildman–Crippen MR) is 68.5 cm³/mol. The average molecular weight is 224 g/mol. The summed E-state index contributed by atoms with van der Waals surface area (Å²) in [5.74, 6) is -0.842. The van der Waals surface area contributed by atoms with E-state index in [1.807, 2.05) is 0 Å². The van der Waals surface area contributed by atoms with Gasteiger partial charge in [0.15, 0.2) is 0 Å². The molecule has 0 aliphatic carbocycles. The van der Waals surface area contributed by atoms with Gasteiger partial charge in [0.25, 0.3) is 0 Å². The summed E-state index contributed by atoms with van der Waals surface area (Å²) in [6.07, 6.45) is 10.6. The van der Waals surface area contributed by atoms with Crippen molar-refractivity contribution in [1.82, 2.24) is 0 Å². The largest absolute Gasteiger partial charge is 0.480 e. The van der Waals surface area contributed by atoms with E-state index in [0.29, 0.717) is 6.42 Å². The highest BCUT2D eigenvalue weighted by atomic mass is 16.4. The van der Waals surface area contributed by atoms with Crippen molar-refractivity contribution >= 4 is 5.97 Å². The molecule has 2 heteroatoms. The third-order valence-corrected chi connectivity index (χ3v) is 3.07. The lowest BCUT2D eigenvalue weighted by atomic mass is 9.83. The fourth-order valence-corrected chi connectivity index (χ4v) is 1.77. The van der Waals surface area contributed by atoms with Gasteiger partial charge in [0, 0.05) is 0 Å². The van der Waals surface area contributed by atoms with Crippen molar-refractivity contribution in [3.63, 3.8) is 0 Å². The van der Waals surface area contributed by atoms with Crippen LogP contribution in [0.15, 0.2) is 25.3 Å². The second-order valence-corrected chi connectivity index (χ2v) is 4.27. The molecule has 0 fully saturated rings. The summed E-state index contributed by atoms with van der Waals surface area (Å²) < 4.78 is 0. The summed E-state index contributed by atoms with van der Waals surface area (Å²) in [5.41, 5.74) is -0.926. The van der Waals surface area contributed by atoms with Crippen molar-refractivity contribution in [3.05, 3.63) is 25.3 Å². The quantitative estimate of drug-likeness (QED) is 0.446. The molecular formula is C14H24O2. The zero-order valence-electron chi connectivity index (χ0n) is 10.4. The van der Waals surface area contributed by atoms with Gasteiger partial charge in [-0.25, -0.2) is 0 Å². The van der Waals surface area contributed by atoms with Crippen LogP contribution in [0.4, 0.5) is 0 Å². The number of aliphatic carboxylic acids is 1. The van der Waals surface area contributed by atoms with Crippen molar-refractivity contribution in [2.24, 2.45) is 5.41 Å².